The van der Waals surface area contributed by atoms with Crippen molar-refractivity contribution in [2.75, 3.05) is 12.8 Å². The molecule has 0 fully saturated rings. The number of hydrogen-bond acceptors (Lipinski definition) is 3. The van der Waals surface area contributed by atoms with Crippen LogP contribution in [0.5, 0.6) is 0 Å². The number of nitrogen functional groups attached to an aromatic ring is 1. The Bertz CT molecular complexity index is 576. The van der Waals surface area contributed by atoms with Crippen molar-refractivity contribution in [3.63, 3.8) is 0 Å². The number of rotatable bonds is 5. The fraction of sp³-hybridized carbons (Fsp3) is 0.188. The molecule has 4 heteroatoms. The van der Waals surface area contributed by atoms with E-state index in [1.807, 2.05) is 36.4 Å². The molecule has 0 spiro atoms. The Morgan fingerprint density at radius 2 is 1.40 bits per heavy atom. The SMILES string of the molecule is CN(Cc1ccc(N)cc1)Cc1ccc(C(N)=O)cc1. The van der Waals surface area contributed by atoms with Gasteiger partial charge < -0.3 is 11.5 Å². The quantitative estimate of drug-likeness (QED) is 0.815. The second-order valence-electron chi connectivity index (χ2n) is 4.98. The van der Waals surface area contributed by atoms with Gasteiger partial charge >= 0.3 is 0 Å². The van der Waals surface area contributed by atoms with E-state index in [4.69, 9.17) is 11.5 Å². The number of anilines is 1. The van der Waals surface area contributed by atoms with Gasteiger partial charge in [0, 0.05) is 24.3 Å². The number of benzene rings is 2. The lowest BCUT2D eigenvalue weighted by molar-refractivity contribution is 0.100. The molecule has 0 saturated carbocycles. The van der Waals surface area contributed by atoms with Crippen LogP contribution in [0.2, 0.25) is 0 Å². The van der Waals surface area contributed by atoms with Crippen LogP contribution in [0.4, 0.5) is 5.69 Å². The van der Waals surface area contributed by atoms with Crippen molar-refractivity contribution in [3.8, 4) is 0 Å². The summed E-state index contributed by atoms with van der Waals surface area (Å²) in [4.78, 5) is 13.2. The Balaban J connectivity index is 1.95. The van der Waals surface area contributed by atoms with Crippen molar-refractivity contribution in [2.45, 2.75) is 13.1 Å². The van der Waals surface area contributed by atoms with Crippen LogP contribution in [0.15, 0.2) is 48.5 Å². The largest absolute Gasteiger partial charge is 0.399 e. The Kier molecular flexibility index (Phi) is 4.38. The zero-order valence-electron chi connectivity index (χ0n) is 11.5. The van der Waals surface area contributed by atoms with Gasteiger partial charge in [-0.25, -0.2) is 0 Å². The summed E-state index contributed by atoms with van der Waals surface area (Å²) in [6.45, 7) is 1.65. The summed E-state index contributed by atoms with van der Waals surface area (Å²) in [5.74, 6) is -0.397. The van der Waals surface area contributed by atoms with Crippen LogP contribution < -0.4 is 11.5 Å². The number of nitrogens with zero attached hydrogens (tertiary/aromatic N) is 1. The Hall–Kier alpha value is -2.33. The maximum Gasteiger partial charge on any atom is 0.248 e. The lowest BCUT2D eigenvalue weighted by atomic mass is 10.1. The first-order chi connectivity index (χ1) is 9.54. The summed E-state index contributed by atoms with van der Waals surface area (Å²) in [6, 6.07) is 15.3. The molecular weight excluding hydrogens is 250 g/mol. The molecule has 0 atom stereocenters. The molecule has 2 rings (SSSR count). The topological polar surface area (TPSA) is 72.3 Å². The van der Waals surface area contributed by atoms with Crippen LogP contribution in [0.3, 0.4) is 0 Å². The third-order valence-corrected chi connectivity index (χ3v) is 3.12. The van der Waals surface area contributed by atoms with Crippen LogP contribution in [-0.2, 0) is 13.1 Å². The average molecular weight is 269 g/mol. The Labute approximate surface area is 119 Å². The molecule has 20 heavy (non-hydrogen) atoms. The first-order valence-corrected chi connectivity index (χ1v) is 6.46. The smallest absolute Gasteiger partial charge is 0.248 e. The predicted octanol–water partition coefficient (Wildman–Crippen LogP) is 2.00. The lowest BCUT2D eigenvalue weighted by Gasteiger charge is -2.17. The van der Waals surface area contributed by atoms with Crippen LogP contribution in [0.25, 0.3) is 0 Å². The second-order valence-corrected chi connectivity index (χ2v) is 4.98. The summed E-state index contributed by atoms with van der Waals surface area (Å²) in [5, 5.41) is 0. The third kappa shape index (κ3) is 3.83. The van der Waals surface area contributed by atoms with Crippen LogP contribution >= 0.6 is 0 Å². The molecule has 4 nitrogen and oxygen atoms in total. The van der Waals surface area contributed by atoms with Crippen molar-refractivity contribution >= 4 is 11.6 Å². The molecule has 0 radical (unpaired) electrons. The maximum absolute atomic E-state index is 11.0. The number of carbonyl (C=O) groups excluding carboxylic acids is 1. The van der Waals surface area contributed by atoms with Crippen LogP contribution in [0.1, 0.15) is 21.5 Å². The number of carbonyl (C=O) groups is 1. The van der Waals surface area contributed by atoms with Gasteiger partial charge in [-0.2, -0.15) is 0 Å². The molecule has 0 aliphatic rings. The van der Waals surface area contributed by atoms with E-state index in [9.17, 15) is 4.79 Å². The van der Waals surface area contributed by atoms with E-state index < -0.39 is 5.91 Å². The first-order valence-electron chi connectivity index (χ1n) is 6.46. The van der Waals surface area contributed by atoms with E-state index in [0.29, 0.717) is 5.56 Å². The molecule has 2 aromatic carbocycles. The number of nitrogens with two attached hydrogens (primary N) is 2. The van der Waals surface area contributed by atoms with Crippen molar-refractivity contribution < 1.29 is 4.79 Å². The van der Waals surface area contributed by atoms with Gasteiger partial charge in [-0.15, -0.1) is 0 Å². The highest BCUT2D eigenvalue weighted by Crippen LogP contribution is 2.11. The fourth-order valence-corrected chi connectivity index (χ4v) is 2.08. The maximum atomic E-state index is 11.0. The minimum absolute atomic E-state index is 0.397. The van der Waals surface area contributed by atoms with Crippen molar-refractivity contribution in [1.29, 1.82) is 0 Å². The van der Waals surface area contributed by atoms with Gasteiger partial charge in [0.15, 0.2) is 0 Å². The molecule has 0 bridgehead atoms. The number of primary amides is 1. The molecule has 104 valence electrons. The number of hydrogen-bond donors (Lipinski definition) is 2. The highest BCUT2D eigenvalue weighted by atomic mass is 16.1. The Morgan fingerprint density at radius 3 is 1.85 bits per heavy atom. The zero-order chi connectivity index (χ0) is 14.5. The lowest BCUT2D eigenvalue weighted by Crippen LogP contribution is -2.17. The molecule has 0 aliphatic heterocycles. The molecule has 0 saturated heterocycles. The fourth-order valence-electron chi connectivity index (χ4n) is 2.08. The third-order valence-electron chi connectivity index (χ3n) is 3.12. The second kappa shape index (κ2) is 6.21. The minimum atomic E-state index is -0.397. The van der Waals surface area contributed by atoms with E-state index in [-0.39, 0.29) is 0 Å². The molecular formula is C16H19N3O. The minimum Gasteiger partial charge on any atom is -0.399 e. The predicted molar refractivity (Wildman–Crippen MR) is 81.0 cm³/mol. The van der Waals surface area contributed by atoms with Crippen molar-refractivity contribution in [3.05, 3.63) is 65.2 Å². The van der Waals surface area contributed by atoms with Crippen LogP contribution in [-0.4, -0.2) is 17.9 Å². The summed E-state index contributed by atoms with van der Waals surface area (Å²) in [6.07, 6.45) is 0. The molecule has 0 aromatic heterocycles. The molecule has 0 heterocycles. The molecule has 1 amide bonds. The van der Waals surface area contributed by atoms with Crippen LogP contribution in [0, 0.1) is 0 Å². The zero-order valence-corrected chi connectivity index (χ0v) is 11.5. The molecule has 0 aliphatic carbocycles. The highest BCUT2D eigenvalue weighted by Gasteiger charge is 2.04. The molecule has 0 unspecified atom stereocenters. The van der Waals surface area contributed by atoms with Gasteiger partial charge in [-0.3, -0.25) is 9.69 Å². The normalized spacial score (nSPS) is 10.7. The van der Waals surface area contributed by atoms with E-state index in [1.54, 1.807) is 12.1 Å². The van der Waals surface area contributed by atoms with Gasteiger partial charge in [0.05, 0.1) is 0 Å². The monoisotopic (exact) mass is 269 g/mol. The summed E-state index contributed by atoms with van der Waals surface area (Å²) >= 11 is 0. The van der Waals surface area contributed by atoms with Crippen molar-refractivity contribution in [2.24, 2.45) is 5.73 Å². The number of amides is 1. The van der Waals surface area contributed by atoms with Crippen molar-refractivity contribution in [1.82, 2.24) is 4.90 Å². The summed E-state index contributed by atoms with van der Waals surface area (Å²) < 4.78 is 0. The highest BCUT2D eigenvalue weighted by molar-refractivity contribution is 5.92. The van der Waals surface area contributed by atoms with E-state index >= 15 is 0 Å². The van der Waals surface area contributed by atoms with E-state index in [1.165, 1.54) is 5.56 Å². The average Bonchev–Trinajstić information content (AvgIpc) is 2.42. The molecule has 4 N–H and O–H groups in total. The molecule has 2 aromatic rings. The standard InChI is InChI=1S/C16H19N3O/c1-19(11-13-4-8-15(17)9-5-13)10-12-2-6-14(7-3-12)16(18)20/h2-9H,10-11,17H2,1H3,(H2,18,20). The first kappa shape index (κ1) is 14.1. The van der Waals surface area contributed by atoms with Gasteiger partial charge in [0.25, 0.3) is 0 Å². The summed E-state index contributed by atoms with van der Waals surface area (Å²) in [7, 11) is 2.05. The van der Waals surface area contributed by atoms with Gasteiger partial charge in [0.1, 0.15) is 0 Å². The van der Waals surface area contributed by atoms with Gasteiger partial charge in [-0.05, 0) is 42.4 Å². The van der Waals surface area contributed by atoms with E-state index in [2.05, 4.69) is 11.9 Å². The Morgan fingerprint density at radius 1 is 0.950 bits per heavy atom. The van der Waals surface area contributed by atoms with Gasteiger partial charge in [-0.1, -0.05) is 24.3 Å². The summed E-state index contributed by atoms with van der Waals surface area (Å²) in [5.41, 5.74) is 14.6. The van der Waals surface area contributed by atoms with Gasteiger partial charge in [0.2, 0.25) is 5.91 Å². The van der Waals surface area contributed by atoms with E-state index in [0.717, 1.165) is 24.3 Å².